The predicted molar refractivity (Wildman–Crippen MR) is 268 cm³/mol. The first-order valence-corrected chi connectivity index (χ1v) is 24.2. The number of hydrogen-bond acceptors (Lipinski definition) is 10. The number of rotatable bonds is 14. The second-order valence-corrected chi connectivity index (χ2v) is 17.9. The molecule has 0 aliphatic heterocycles. The molecule has 2 aliphatic carbocycles. The molecule has 2 fully saturated rings. The van der Waals surface area contributed by atoms with Gasteiger partial charge in [0.05, 0.1) is 43.1 Å². The van der Waals surface area contributed by atoms with Gasteiger partial charge >= 0.3 is 0 Å². The van der Waals surface area contributed by atoms with Crippen LogP contribution in [0, 0.1) is 11.8 Å². The molecule has 2 saturated carbocycles. The zero-order valence-electron chi connectivity index (χ0n) is 39.0. The molecule has 0 spiro atoms. The van der Waals surface area contributed by atoms with Crippen LogP contribution in [0.25, 0.3) is 21.5 Å². The Balaban J connectivity index is 0.000000174. The van der Waals surface area contributed by atoms with Crippen LogP contribution in [0.1, 0.15) is 117 Å². The second-order valence-electron chi connectivity index (χ2n) is 17.9. The molecule has 4 heterocycles. The zero-order chi connectivity index (χ0) is 48.1. The molecular formula is C54H56N12O4. The summed E-state index contributed by atoms with van der Waals surface area (Å²) in [5, 5.41) is 31.7. The van der Waals surface area contributed by atoms with Gasteiger partial charge in [-0.1, -0.05) is 104 Å². The Morgan fingerprint density at radius 3 is 1.43 bits per heavy atom. The van der Waals surface area contributed by atoms with Gasteiger partial charge in [0.1, 0.15) is 0 Å². The molecule has 10 rings (SSSR count). The third-order valence-electron chi connectivity index (χ3n) is 13.2. The molecule has 356 valence electrons. The smallest absolute Gasteiger partial charge is 0.272 e. The number of fused-ring (bicyclic) bond motifs is 2. The Hall–Kier alpha value is -8.14. The van der Waals surface area contributed by atoms with Gasteiger partial charge in [-0.25, -0.2) is 14.6 Å². The molecule has 0 saturated heterocycles. The first kappa shape index (κ1) is 46.9. The molecule has 16 nitrogen and oxygen atoms in total. The van der Waals surface area contributed by atoms with Gasteiger partial charge in [0.2, 0.25) is 0 Å². The van der Waals surface area contributed by atoms with Crippen molar-refractivity contribution in [1.29, 1.82) is 0 Å². The fraction of sp³-hybridized carbons (Fsp3) is 0.296. The van der Waals surface area contributed by atoms with Crippen LogP contribution in [0.5, 0.6) is 0 Å². The molecule has 0 unspecified atom stereocenters. The van der Waals surface area contributed by atoms with Crippen molar-refractivity contribution in [1.82, 2.24) is 50.6 Å². The summed E-state index contributed by atoms with van der Waals surface area (Å²) >= 11 is 0. The lowest BCUT2D eigenvalue weighted by molar-refractivity contribution is 0.0930. The van der Waals surface area contributed by atoms with E-state index in [4.69, 9.17) is 0 Å². The van der Waals surface area contributed by atoms with E-state index < -0.39 is 0 Å². The van der Waals surface area contributed by atoms with Gasteiger partial charge in [-0.3, -0.25) is 19.2 Å². The predicted octanol–water partition coefficient (Wildman–Crippen LogP) is 8.87. The number of nitrogens with one attached hydrogen (secondary N) is 4. The Kier molecular flexibility index (Phi) is 15.3. The largest absolute Gasteiger partial charge is 0.350 e. The number of hydrogen-bond donors (Lipinski definition) is 4. The topological polar surface area (TPSA) is 204 Å². The van der Waals surface area contributed by atoms with Crippen molar-refractivity contribution in [2.24, 2.45) is 11.8 Å². The van der Waals surface area contributed by atoms with E-state index in [1.54, 1.807) is 77.0 Å². The van der Waals surface area contributed by atoms with Crippen LogP contribution in [-0.2, 0) is 13.1 Å². The van der Waals surface area contributed by atoms with Crippen LogP contribution >= 0.6 is 0 Å². The second kappa shape index (κ2) is 22.8. The van der Waals surface area contributed by atoms with Crippen molar-refractivity contribution >= 4 is 56.5 Å². The average Bonchev–Trinajstić information content (AvgIpc) is 4.14. The van der Waals surface area contributed by atoms with Gasteiger partial charge in [0.15, 0.2) is 11.4 Å². The van der Waals surface area contributed by atoms with Crippen LogP contribution in [0.15, 0.2) is 134 Å². The number of aromatic nitrogens is 8. The molecule has 4 amide bonds. The molecule has 2 aliphatic rings. The van der Waals surface area contributed by atoms with Gasteiger partial charge in [0, 0.05) is 42.8 Å². The van der Waals surface area contributed by atoms with E-state index in [1.807, 2.05) is 66.7 Å². The minimum Gasteiger partial charge on any atom is -0.350 e. The van der Waals surface area contributed by atoms with E-state index in [0.29, 0.717) is 60.5 Å². The minimum absolute atomic E-state index is 0.224. The lowest BCUT2D eigenvalue weighted by atomic mass is 9.89. The zero-order valence-corrected chi connectivity index (χ0v) is 39.0. The van der Waals surface area contributed by atoms with E-state index in [9.17, 15) is 19.2 Å². The Morgan fingerprint density at radius 1 is 0.486 bits per heavy atom. The number of pyridine rings is 2. The van der Waals surface area contributed by atoms with Crippen molar-refractivity contribution in [3.05, 3.63) is 168 Å². The Labute approximate surface area is 405 Å². The van der Waals surface area contributed by atoms with E-state index in [0.717, 1.165) is 58.4 Å². The maximum absolute atomic E-state index is 13.3. The van der Waals surface area contributed by atoms with Crippen LogP contribution in [-0.4, -0.2) is 76.7 Å². The standard InChI is InChI=1S/2C27H28N6O2/c34-26(23-13-12-20(18-33-16-15-30-32-33)21-9-4-5-10-22(21)23)31-24-11-6-14-28-25(24)27(35)29-17-19-7-2-1-3-8-19;34-26(23-13-12-20(18-33-30-15-16-31-33)21-9-4-5-10-22(21)23)32-24-11-6-14-28-25(24)27(35)29-17-19-7-2-1-3-8-19/h4-6,9-16,19H,1-3,7-8,17-18H2,(H,29,35)(H,31,34);4-6,9-16,19H,1-3,7-8,17-18H2,(H,29,35)(H,32,34). The van der Waals surface area contributed by atoms with Crippen molar-refractivity contribution < 1.29 is 19.2 Å². The summed E-state index contributed by atoms with van der Waals surface area (Å²) in [6.07, 6.45) is 21.9. The van der Waals surface area contributed by atoms with Crippen LogP contribution in [0.3, 0.4) is 0 Å². The quantitative estimate of drug-likeness (QED) is 0.0815. The molecule has 0 bridgehead atoms. The van der Waals surface area contributed by atoms with Crippen LogP contribution in [0.4, 0.5) is 11.4 Å². The fourth-order valence-corrected chi connectivity index (χ4v) is 9.54. The van der Waals surface area contributed by atoms with Crippen molar-refractivity contribution in [2.75, 3.05) is 23.7 Å². The number of nitrogens with zero attached hydrogens (tertiary/aromatic N) is 8. The number of amides is 4. The highest BCUT2D eigenvalue weighted by molar-refractivity contribution is 6.16. The molecule has 4 aromatic heterocycles. The molecule has 16 heteroatoms. The monoisotopic (exact) mass is 936 g/mol. The van der Waals surface area contributed by atoms with E-state index in [2.05, 4.69) is 51.7 Å². The maximum atomic E-state index is 13.3. The van der Waals surface area contributed by atoms with E-state index >= 15 is 0 Å². The van der Waals surface area contributed by atoms with E-state index in [1.165, 1.54) is 38.5 Å². The number of benzene rings is 4. The van der Waals surface area contributed by atoms with Gasteiger partial charge < -0.3 is 21.3 Å². The first-order valence-electron chi connectivity index (χ1n) is 24.2. The van der Waals surface area contributed by atoms with Gasteiger partial charge in [-0.15, -0.1) is 5.10 Å². The highest BCUT2D eigenvalue weighted by Crippen LogP contribution is 2.28. The minimum atomic E-state index is -0.292. The summed E-state index contributed by atoms with van der Waals surface area (Å²) in [6, 6.07) is 29.8. The third kappa shape index (κ3) is 11.6. The molecule has 70 heavy (non-hydrogen) atoms. The van der Waals surface area contributed by atoms with Crippen molar-refractivity contribution in [3.63, 3.8) is 0 Å². The summed E-state index contributed by atoms with van der Waals surface area (Å²) in [6.45, 7) is 2.33. The van der Waals surface area contributed by atoms with E-state index in [-0.39, 0.29) is 35.0 Å². The summed E-state index contributed by atoms with van der Waals surface area (Å²) < 4.78 is 1.75. The Morgan fingerprint density at radius 2 is 0.957 bits per heavy atom. The van der Waals surface area contributed by atoms with Gasteiger partial charge in [-0.05, 0) is 107 Å². The highest BCUT2D eigenvalue weighted by Gasteiger charge is 2.22. The molecule has 0 radical (unpaired) electrons. The molecule has 0 atom stereocenters. The van der Waals surface area contributed by atoms with Crippen molar-refractivity contribution in [3.8, 4) is 0 Å². The summed E-state index contributed by atoms with van der Waals surface area (Å²) in [7, 11) is 0. The SMILES string of the molecule is O=C(NCC1CCCCC1)c1ncccc1NC(=O)c1ccc(Cn2ccnn2)c2ccccc12.O=C(NCC1CCCCC1)c1ncccc1NC(=O)c1ccc(Cn2nccn2)c2ccccc12. The lowest BCUT2D eigenvalue weighted by Gasteiger charge is -2.21. The van der Waals surface area contributed by atoms with Crippen LogP contribution < -0.4 is 21.3 Å². The molecule has 4 N–H and O–H groups in total. The number of carbonyl (C=O) groups excluding carboxylic acids is 4. The summed E-state index contributed by atoms with van der Waals surface area (Å²) in [5.41, 5.74) is 4.34. The summed E-state index contributed by atoms with van der Waals surface area (Å²) in [5.74, 6) is -0.0897. The lowest BCUT2D eigenvalue weighted by Crippen LogP contribution is -2.31. The molecule has 4 aromatic carbocycles. The third-order valence-corrected chi connectivity index (χ3v) is 13.2. The average molecular weight is 937 g/mol. The number of anilines is 2. The van der Waals surface area contributed by atoms with Crippen molar-refractivity contribution in [2.45, 2.75) is 77.3 Å². The molecular weight excluding hydrogens is 881 g/mol. The van der Waals surface area contributed by atoms with Gasteiger partial charge in [0.25, 0.3) is 23.6 Å². The highest BCUT2D eigenvalue weighted by atomic mass is 16.2. The van der Waals surface area contributed by atoms with Gasteiger partial charge in [-0.2, -0.15) is 15.0 Å². The Bertz CT molecular complexity index is 2860. The normalized spacial score (nSPS) is 14.1. The number of carbonyl (C=O) groups is 4. The fourth-order valence-electron chi connectivity index (χ4n) is 9.54. The summed E-state index contributed by atoms with van der Waals surface area (Å²) in [4.78, 5) is 62.6. The first-order chi connectivity index (χ1) is 34.4. The molecule has 8 aromatic rings. The maximum Gasteiger partial charge on any atom is 0.272 e. The van der Waals surface area contributed by atoms with Crippen LogP contribution in [0.2, 0.25) is 0 Å².